The molecule has 4 N–H and O–H groups in total. The molecule has 238 valence electrons. The Hall–Kier alpha value is -2.00. The molecular formula is C34H54O8. The van der Waals surface area contributed by atoms with E-state index in [2.05, 4.69) is 13.8 Å². The van der Waals surface area contributed by atoms with E-state index < -0.39 is 29.2 Å². The molecule has 42 heavy (non-hydrogen) atoms. The van der Waals surface area contributed by atoms with Crippen molar-refractivity contribution in [2.75, 3.05) is 0 Å². The van der Waals surface area contributed by atoms with Crippen molar-refractivity contribution in [3.05, 3.63) is 28.8 Å². The molecule has 1 aromatic carbocycles. The topological polar surface area (TPSA) is 134 Å². The lowest BCUT2D eigenvalue weighted by Gasteiger charge is -2.47. The average Bonchev–Trinajstić information content (AvgIpc) is 3.31. The molecule has 0 radical (unpaired) electrons. The molecule has 0 spiro atoms. The van der Waals surface area contributed by atoms with Crippen LogP contribution in [0.25, 0.3) is 0 Å². The fraction of sp³-hybridized carbons (Fsp3) is 0.765. The molecule has 2 aliphatic heterocycles. The van der Waals surface area contributed by atoms with Crippen LogP contribution in [0.3, 0.4) is 0 Å². The number of carboxylic acids is 1. The Morgan fingerprint density at radius 2 is 1.79 bits per heavy atom. The lowest BCUT2D eigenvalue weighted by molar-refractivity contribution is -0.229. The van der Waals surface area contributed by atoms with E-state index in [-0.39, 0.29) is 53.2 Å². The minimum Gasteiger partial charge on any atom is -0.507 e. The number of aromatic carboxylic acids is 1. The Balaban J connectivity index is 1.69. The van der Waals surface area contributed by atoms with Gasteiger partial charge in [0.05, 0.1) is 35.6 Å². The van der Waals surface area contributed by atoms with Gasteiger partial charge in [0.1, 0.15) is 17.1 Å². The minimum atomic E-state index is -1.18. The van der Waals surface area contributed by atoms with Gasteiger partial charge in [0.15, 0.2) is 0 Å². The fourth-order valence-electron chi connectivity index (χ4n) is 7.45. The first-order chi connectivity index (χ1) is 19.7. The third kappa shape index (κ3) is 6.72. The van der Waals surface area contributed by atoms with E-state index in [9.17, 15) is 30.0 Å². The van der Waals surface area contributed by atoms with Crippen LogP contribution in [-0.4, -0.2) is 67.8 Å². The van der Waals surface area contributed by atoms with Gasteiger partial charge in [-0.15, -0.1) is 0 Å². The third-order valence-corrected chi connectivity index (χ3v) is 10.7. The van der Waals surface area contributed by atoms with Crippen molar-refractivity contribution < 1.29 is 39.5 Å². The largest absolute Gasteiger partial charge is 0.507 e. The van der Waals surface area contributed by atoms with E-state index in [0.717, 1.165) is 12.8 Å². The normalized spacial score (nSPS) is 32.7. The molecular weight excluding hydrogens is 536 g/mol. The first kappa shape index (κ1) is 34.5. The Morgan fingerprint density at radius 1 is 1.12 bits per heavy atom. The monoisotopic (exact) mass is 590 g/mol. The van der Waals surface area contributed by atoms with Gasteiger partial charge in [0.2, 0.25) is 0 Å². The first-order valence-corrected chi connectivity index (χ1v) is 16.0. The summed E-state index contributed by atoms with van der Waals surface area (Å²) in [7, 11) is 0. The summed E-state index contributed by atoms with van der Waals surface area (Å²) >= 11 is 0. The van der Waals surface area contributed by atoms with Gasteiger partial charge in [-0.25, -0.2) is 4.79 Å². The summed E-state index contributed by atoms with van der Waals surface area (Å²) in [6, 6.07) is 3.40. The van der Waals surface area contributed by atoms with Crippen molar-refractivity contribution in [1.29, 1.82) is 0 Å². The number of Topliss-reactive ketones (excluding diaryl/α,β-unsaturated/α-hetero) is 1. The second-order valence-electron chi connectivity index (χ2n) is 13.2. The highest BCUT2D eigenvalue weighted by atomic mass is 16.6. The summed E-state index contributed by atoms with van der Waals surface area (Å²) in [5.41, 5.74) is -0.437. The molecule has 2 saturated heterocycles. The molecule has 8 heteroatoms. The highest BCUT2D eigenvalue weighted by Crippen LogP contribution is 2.48. The Labute approximate surface area is 251 Å². The van der Waals surface area contributed by atoms with Crippen LogP contribution >= 0.6 is 0 Å². The van der Waals surface area contributed by atoms with Gasteiger partial charge in [0.25, 0.3) is 0 Å². The van der Waals surface area contributed by atoms with E-state index in [0.29, 0.717) is 49.7 Å². The summed E-state index contributed by atoms with van der Waals surface area (Å²) in [6.45, 7) is 15.4. The lowest BCUT2D eigenvalue weighted by Crippen LogP contribution is -2.55. The van der Waals surface area contributed by atoms with Crippen molar-refractivity contribution in [3.63, 3.8) is 0 Å². The van der Waals surface area contributed by atoms with Gasteiger partial charge in [-0.2, -0.15) is 0 Å². The number of aliphatic hydroxyl groups is 2. The smallest absolute Gasteiger partial charge is 0.339 e. The van der Waals surface area contributed by atoms with Crippen LogP contribution in [-0.2, 0) is 20.7 Å². The summed E-state index contributed by atoms with van der Waals surface area (Å²) in [5, 5.41) is 42.1. The number of aliphatic hydroxyl groups excluding tert-OH is 1. The van der Waals surface area contributed by atoms with Gasteiger partial charge < -0.3 is 29.9 Å². The highest BCUT2D eigenvalue weighted by Gasteiger charge is 2.55. The van der Waals surface area contributed by atoms with Crippen molar-refractivity contribution in [2.24, 2.45) is 23.7 Å². The summed E-state index contributed by atoms with van der Waals surface area (Å²) in [5.74, 6) is -2.55. The maximum absolute atomic E-state index is 13.9. The molecule has 0 amide bonds. The van der Waals surface area contributed by atoms with Crippen molar-refractivity contribution in [2.45, 2.75) is 142 Å². The second kappa shape index (κ2) is 13.7. The van der Waals surface area contributed by atoms with Gasteiger partial charge in [-0.05, 0) is 88.2 Å². The van der Waals surface area contributed by atoms with E-state index in [1.807, 2.05) is 27.7 Å². The van der Waals surface area contributed by atoms with E-state index in [4.69, 9.17) is 9.47 Å². The number of aryl methyl sites for hydroxylation is 2. The fourth-order valence-corrected chi connectivity index (χ4v) is 7.45. The van der Waals surface area contributed by atoms with E-state index in [1.54, 1.807) is 26.0 Å². The zero-order valence-corrected chi connectivity index (χ0v) is 26.9. The first-order valence-electron chi connectivity index (χ1n) is 16.0. The van der Waals surface area contributed by atoms with Crippen LogP contribution in [0.15, 0.2) is 12.1 Å². The lowest BCUT2D eigenvalue weighted by atomic mass is 9.76. The van der Waals surface area contributed by atoms with Crippen LogP contribution in [0.5, 0.6) is 5.75 Å². The van der Waals surface area contributed by atoms with Crippen LogP contribution in [0.4, 0.5) is 0 Å². The third-order valence-electron chi connectivity index (χ3n) is 10.7. The Morgan fingerprint density at radius 3 is 2.33 bits per heavy atom. The van der Waals surface area contributed by atoms with Crippen molar-refractivity contribution in [3.8, 4) is 5.75 Å². The van der Waals surface area contributed by atoms with Crippen molar-refractivity contribution >= 4 is 11.8 Å². The number of phenols is 1. The standard InChI is InChI=1S/C34H54O8/c1-9-25(31-21(6)18-34(11-3,42-31)26-16-17-33(40,10-2)23(8)41-26)30(37)22(7)28(35)19(4)12-14-24-15-13-20(5)29(36)27(24)32(38)39/h13,15,19,21-23,25-26,28,31,35-36,40H,9-12,14,16-18H2,1-8H3,(H,38,39)/t19-,21-,22+,23-,25-,26-,28+,31+,33+,34+/m1/s1. The van der Waals surface area contributed by atoms with Gasteiger partial charge >= 0.3 is 5.97 Å². The molecule has 0 unspecified atom stereocenters. The van der Waals surface area contributed by atoms with E-state index >= 15 is 0 Å². The van der Waals surface area contributed by atoms with Crippen LogP contribution in [0.1, 0.15) is 115 Å². The molecule has 0 aliphatic carbocycles. The van der Waals surface area contributed by atoms with Crippen LogP contribution in [0, 0.1) is 30.6 Å². The number of ether oxygens (including phenoxy) is 2. The number of hydrogen-bond donors (Lipinski definition) is 4. The minimum absolute atomic E-state index is 0.0157. The second-order valence-corrected chi connectivity index (χ2v) is 13.2. The number of carboxylic acid groups (broad SMARTS) is 1. The number of ketones is 1. The Bertz CT molecular complexity index is 1100. The predicted octanol–water partition coefficient (Wildman–Crippen LogP) is 5.84. The molecule has 2 fully saturated rings. The maximum Gasteiger partial charge on any atom is 0.339 e. The summed E-state index contributed by atoms with van der Waals surface area (Å²) < 4.78 is 13.2. The number of carbonyl (C=O) groups is 2. The maximum atomic E-state index is 13.9. The average molecular weight is 591 g/mol. The number of rotatable bonds is 13. The molecule has 1 aromatic rings. The summed E-state index contributed by atoms with van der Waals surface area (Å²) in [4.78, 5) is 25.7. The van der Waals surface area contributed by atoms with Gasteiger partial charge in [-0.3, -0.25) is 4.79 Å². The van der Waals surface area contributed by atoms with E-state index in [1.165, 1.54) is 0 Å². The van der Waals surface area contributed by atoms with Crippen molar-refractivity contribution in [1.82, 2.24) is 0 Å². The number of carbonyl (C=O) groups excluding carboxylic acids is 1. The molecule has 0 aromatic heterocycles. The Kier molecular flexibility index (Phi) is 11.3. The van der Waals surface area contributed by atoms with Crippen LogP contribution in [0.2, 0.25) is 0 Å². The quantitative estimate of drug-likeness (QED) is 0.225. The number of benzene rings is 1. The summed E-state index contributed by atoms with van der Waals surface area (Å²) in [6.07, 6.45) is 3.34. The SMILES string of the molecule is CC[C@H](C(=O)[C@@H](C)[C@@H](O)[C@H](C)CCc1ccc(C)c(O)c1C(=O)O)[C@H]1O[C@](CC)([C@H]2CC[C@@](O)(CC)[C@@H](C)O2)C[C@H]1C. The zero-order chi connectivity index (χ0) is 31.6. The molecule has 2 heterocycles. The molecule has 8 nitrogen and oxygen atoms in total. The number of aromatic hydroxyl groups is 1. The zero-order valence-electron chi connectivity index (χ0n) is 26.9. The predicted molar refractivity (Wildman–Crippen MR) is 162 cm³/mol. The molecule has 10 atom stereocenters. The molecule has 0 saturated carbocycles. The van der Waals surface area contributed by atoms with Gasteiger partial charge in [0, 0.05) is 11.8 Å². The van der Waals surface area contributed by atoms with Crippen LogP contribution < -0.4 is 0 Å². The number of hydrogen-bond acceptors (Lipinski definition) is 7. The molecule has 2 aliphatic rings. The molecule has 0 bridgehead atoms. The highest BCUT2D eigenvalue weighted by molar-refractivity contribution is 5.93. The van der Waals surface area contributed by atoms with Gasteiger partial charge in [-0.1, -0.05) is 53.7 Å². The molecule has 3 rings (SSSR count).